The van der Waals surface area contributed by atoms with Gasteiger partial charge < -0.3 is 10.2 Å². The van der Waals surface area contributed by atoms with Gasteiger partial charge in [0.05, 0.1) is 5.39 Å². The highest BCUT2D eigenvalue weighted by molar-refractivity contribution is 7.18. The Balaban J connectivity index is 2.37. The Hall–Kier alpha value is -1.20. The summed E-state index contributed by atoms with van der Waals surface area (Å²) in [5, 5.41) is 4.41. The molecule has 104 valence electrons. The number of fused-ring (bicyclic) bond motifs is 1. The fourth-order valence-electron chi connectivity index (χ4n) is 2.16. The van der Waals surface area contributed by atoms with Crippen molar-refractivity contribution in [3.8, 4) is 0 Å². The van der Waals surface area contributed by atoms with Crippen LogP contribution in [0.4, 0.5) is 5.82 Å². The van der Waals surface area contributed by atoms with Crippen molar-refractivity contribution in [1.82, 2.24) is 15.3 Å². The molecular formula is C14H22N4S. The van der Waals surface area contributed by atoms with Crippen LogP contribution in [0.1, 0.15) is 25.1 Å². The summed E-state index contributed by atoms with van der Waals surface area (Å²) in [6, 6.07) is 2.25. The molecule has 0 aliphatic heterocycles. The van der Waals surface area contributed by atoms with Crippen LogP contribution < -0.4 is 10.2 Å². The van der Waals surface area contributed by atoms with Crippen molar-refractivity contribution in [2.75, 3.05) is 31.6 Å². The molecule has 19 heavy (non-hydrogen) atoms. The molecule has 2 aromatic rings. The van der Waals surface area contributed by atoms with Crippen molar-refractivity contribution >= 4 is 27.4 Å². The van der Waals surface area contributed by atoms with Crippen LogP contribution in [0.5, 0.6) is 0 Å². The van der Waals surface area contributed by atoms with Crippen LogP contribution in [-0.4, -0.2) is 36.6 Å². The molecule has 5 heteroatoms. The zero-order valence-electron chi connectivity index (χ0n) is 11.9. The first kappa shape index (κ1) is 14.2. The highest BCUT2D eigenvalue weighted by Crippen LogP contribution is 2.30. The first-order valence-corrected chi connectivity index (χ1v) is 7.74. The molecule has 1 N–H and O–H groups in total. The maximum atomic E-state index is 4.52. The molecule has 4 nitrogen and oxygen atoms in total. The van der Waals surface area contributed by atoms with Gasteiger partial charge in [0, 0.05) is 24.5 Å². The second kappa shape index (κ2) is 6.82. The highest BCUT2D eigenvalue weighted by atomic mass is 32.1. The van der Waals surface area contributed by atoms with Gasteiger partial charge in [-0.25, -0.2) is 9.97 Å². The minimum absolute atomic E-state index is 0.969. The summed E-state index contributed by atoms with van der Waals surface area (Å²) >= 11 is 1.78. The lowest BCUT2D eigenvalue weighted by Gasteiger charge is -2.23. The fraction of sp³-hybridized carbons (Fsp3) is 0.571. The second-order valence-electron chi connectivity index (χ2n) is 4.57. The van der Waals surface area contributed by atoms with E-state index in [1.165, 1.54) is 10.3 Å². The Kier molecular flexibility index (Phi) is 5.10. The molecule has 2 heterocycles. The van der Waals surface area contributed by atoms with E-state index < -0.39 is 0 Å². The molecule has 0 aromatic carbocycles. The summed E-state index contributed by atoms with van der Waals surface area (Å²) in [6.07, 6.45) is 3.88. The topological polar surface area (TPSA) is 41.0 Å². The monoisotopic (exact) mass is 278 g/mol. The number of aryl methyl sites for hydroxylation is 1. The van der Waals surface area contributed by atoms with E-state index in [0.29, 0.717) is 0 Å². The molecule has 0 saturated heterocycles. The van der Waals surface area contributed by atoms with Gasteiger partial charge in [0.2, 0.25) is 0 Å². The van der Waals surface area contributed by atoms with Crippen molar-refractivity contribution in [3.63, 3.8) is 0 Å². The van der Waals surface area contributed by atoms with Gasteiger partial charge in [-0.05, 0) is 26.0 Å². The van der Waals surface area contributed by atoms with Crippen molar-refractivity contribution < 1.29 is 0 Å². The van der Waals surface area contributed by atoms with E-state index in [9.17, 15) is 0 Å². The van der Waals surface area contributed by atoms with Crippen LogP contribution in [-0.2, 0) is 6.42 Å². The Morgan fingerprint density at radius 1 is 1.26 bits per heavy atom. The average molecular weight is 278 g/mol. The number of thiophene rings is 1. The first-order chi connectivity index (χ1) is 9.30. The molecule has 0 saturated carbocycles. The van der Waals surface area contributed by atoms with E-state index in [2.05, 4.69) is 40.1 Å². The van der Waals surface area contributed by atoms with Gasteiger partial charge in [-0.3, -0.25) is 0 Å². The lowest BCUT2D eigenvalue weighted by Crippen LogP contribution is -2.32. The molecular weight excluding hydrogens is 256 g/mol. The fourth-order valence-corrected chi connectivity index (χ4v) is 3.09. The standard InChI is InChI=1S/C14H22N4S/c1-4-7-18(8-6-15-3)13-12-9-11(5-2)19-14(12)17-10-16-13/h9-10,15H,4-8H2,1-3H3. The number of aromatic nitrogens is 2. The van der Waals surface area contributed by atoms with E-state index in [-0.39, 0.29) is 0 Å². The van der Waals surface area contributed by atoms with Crippen molar-refractivity contribution in [2.24, 2.45) is 0 Å². The molecule has 2 aromatic heterocycles. The first-order valence-electron chi connectivity index (χ1n) is 6.93. The van der Waals surface area contributed by atoms with Gasteiger partial charge in [-0.2, -0.15) is 0 Å². The Morgan fingerprint density at radius 2 is 2.11 bits per heavy atom. The van der Waals surface area contributed by atoms with Crippen LogP contribution in [0.2, 0.25) is 0 Å². The lowest BCUT2D eigenvalue weighted by molar-refractivity contribution is 0.704. The molecule has 0 bridgehead atoms. The van der Waals surface area contributed by atoms with E-state index in [1.54, 1.807) is 17.7 Å². The van der Waals surface area contributed by atoms with E-state index in [0.717, 1.165) is 43.1 Å². The maximum absolute atomic E-state index is 4.52. The summed E-state index contributed by atoms with van der Waals surface area (Å²) in [6.45, 7) is 7.37. The molecule has 0 amide bonds. The van der Waals surface area contributed by atoms with Gasteiger partial charge in [0.1, 0.15) is 17.0 Å². The largest absolute Gasteiger partial charge is 0.355 e. The Labute approximate surface area is 118 Å². The zero-order valence-corrected chi connectivity index (χ0v) is 12.8. The van der Waals surface area contributed by atoms with Gasteiger partial charge in [0.25, 0.3) is 0 Å². The van der Waals surface area contributed by atoms with E-state index >= 15 is 0 Å². The SMILES string of the molecule is CCCN(CCNC)c1ncnc2sc(CC)cc12. The maximum Gasteiger partial charge on any atom is 0.140 e. The number of nitrogens with one attached hydrogen (secondary N) is 1. The van der Waals surface area contributed by atoms with E-state index in [1.807, 2.05) is 7.05 Å². The molecule has 0 atom stereocenters. The number of likely N-dealkylation sites (N-methyl/N-ethyl adjacent to an activating group) is 1. The molecule has 0 unspecified atom stereocenters. The van der Waals surface area contributed by atoms with Crippen molar-refractivity contribution in [2.45, 2.75) is 26.7 Å². The summed E-state index contributed by atoms with van der Waals surface area (Å²) in [5.74, 6) is 1.08. The third kappa shape index (κ3) is 3.22. The number of hydrogen-bond acceptors (Lipinski definition) is 5. The number of hydrogen-bond donors (Lipinski definition) is 1. The second-order valence-corrected chi connectivity index (χ2v) is 5.69. The van der Waals surface area contributed by atoms with Crippen LogP contribution in [0.25, 0.3) is 10.2 Å². The predicted octanol–water partition coefficient (Wildman–Crippen LogP) is 2.69. The number of anilines is 1. The normalized spacial score (nSPS) is 11.1. The third-order valence-electron chi connectivity index (χ3n) is 3.13. The molecule has 0 spiro atoms. The Morgan fingerprint density at radius 3 is 2.79 bits per heavy atom. The minimum atomic E-state index is 0.969. The minimum Gasteiger partial charge on any atom is -0.355 e. The molecule has 0 aliphatic carbocycles. The summed E-state index contributed by atoms with van der Waals surface area (Å²) < 4.78 is 0. The van der Waals surface area contributed by atoms with Crippen LogP contribution >= 0.6 is 11.3 Å². The summed E-state index contributed by atoms with van der Waals surface area (Å²) in [7, 11) is 1.99. The third-order valence-corrected chi connectivity index (χ3v) is 4.32. The highest BCUT2D eigenvalue weighted by Gasteiger charge is 2.13. The van der Waals surface area contributed by atoms with Crippen LogP contribution in [0.3, 0.4) is 0 Å². The molecule has 0 aliphatic rings. The van der Waals surface area contributed by atoms with Gasteiger partial charge in [0.15, 0.2) is 0 Å². The van der Waals surface area contributed by atoms with E-state index in [4.69, 9.17) is 0 Å². The van der Waals surface area contributed by atoms with Crippen LogP contribution in [0, 0.1) is 0 Å². The lowest BCUT2D eigenvalue weighted by atomic mass is 10.3. The summed E-state index contributed by atoms with van der Waals surface area (Å²) in [5.41, 5.74) is 0. The number of nitrogens with zero attached hydrogens (tertiary/aromatic N) is 3. The average Bonchev–Trinajstić information content (AvgIpc) is 2.86. The van der Waals surface area contributed by atoms with Gasteiger partial charge in [-0.1, -0.05) is 13.8 Å². The van der Waals surface area contributed by atoms with Crippen LogP contribution in [0.15, 0.2) is 12.4 Å². The van der Waals surface area contributed by atoms with Gasteiger partial charge in [-0.15, -0.1) is 11.3 Å². The molecule has 0 fully saturated rings. The van der Waals surface area contributed by atoms with Crippen molar-refractivity contribution in [1.29, 1.82) is 0 Å². The summed E-state index contributed by atoms with van der Waals surface area (Å²) in [4.78, 5) is 13.8. The predicted molar refractivity (Wildman–Crippen MR) is 83.2 cm³/mol. The van der Waals surface area contributed by atoms with Gasteiger partial charge >= 0.3 is 0 Å². The Bertz CT molecular complexity index is 523. The quantitative estimate of drug-likeness (QED) is 0.845. The number of rotatable bonds is 7. The van der Waals surface area contributed by atoms with Crippen molar-refractivity contribution in [3.05, 3.63) is 17.3 Å². The smallest absolute Gasteiger partial charge is 0.140 e. The molecule has 0 radical (unpaired) electrons. The zero-order chi connectivity index (χ0) is 13.7. The molecule has 2 rings (SSSR count).